The van der Waals surface area contributed by atoms with E-state index in [9.17, 15) is 4.79 Å². The molecule has 4 aliphatic carbocycles. The predicted molar refractivity (Wildman–Crippen MR) is 112 cm³/mol. The van der Waals surface area contributed by atoms with Gasteiger partial charge in [-0.1, -0.05) is 44.9 Å². The zero-order valence-electron chi connectivity index (χ0n) is 17.2. The van der Waals surface area contributed by atoms with Crippen molar-refractivity contribution in [2.45, 2.75) is 108 Å². The first-order valence-corrected chi connectivity index (χ1v) is 11.7. The Morgan fingerprint density at radius 3 is 1.81 bits per heavy atom. The molecule has 3 heteroatoms. The number of urea groups is 1. The van der Waals surface area contributed by atoms with Crippen molar-refractivity contribution in [2.24, 2.45) is 17.8 Å². The smallest absolute Gasteiger partial charge is 0.315 e. The third kappa shape index (κ3) is 6.44. The second kappa shape index (κ2) is 10.4. The van der Waals surface area contributed by atoms with E-state index in [0.717, 1.165) is 37.1 Å². The molecule has 0 aromatic heterocycles. The van der Waals surface area contributed by atoms with Gasteiger partial charge in [-0.2, -0.15) is 0 Å². The van der Waals surface area contributed by atoms with Gasteiger partial charge in [0.05, 0.1) is 0 Å². The van der Waals surface area contributed by atoms with Crippen molar-refractivity contribution in [3.63, 3.8) is 0 Å². The molecule has 0 saturated heterocycles. The van der Waals surface area contributed by atoms with E-state index < -0.39 is 0 Å². The van der Waals surface area contributed by atoms with Crippen LogP contribution in [-0.4, -0.2) is 18.1 Å². The summed E-state index contributed by atoms with van der Waals surface area (Å²) in [5.74, 6) is 5.36. The molecule has 152 valence electrons. The topological polar surface area (TPSA) is 41.1 Å². The number of hydrogen-bond donors (Lipinski definition) is 2. The lowest BCUT2D eigenvalue weighted by molar-refractivity contribution is -0.0135. The molecular weight excluding hydrogens is 332 g/mol. The number of rotatable bonds is 12. The summed E-state index contributed by atoms with van der Waals surface area (Å²) in [6.45, 7) is 0.824. The number of amides is 2. The summed E-state index contributed by atoms with van der Waals surface area (Å²) in [5, 5.41) is 6.52. The van der Waals surface area contributed by atoms with Gasteiger partial charge in [0.15, 0.2) is 0 Å². The van der Waals surface area contributed by atoms with E-state index in [4.69, 9.17) is 6.42 Å². The lowest BCUT2D eigenvalue weighted by Gasteiger charge is -2.56. The number of carbonyl (C=O) groups is 1. The molecule has 2 N–H and O–H groups in total. The fourth-order valence-electron chi connectivity index (χ4n) is 6.34. The number of carbonyl (C=O) groups excluding carboxylic acids is 1. The van der Waals surface area contributed by atoms with Crippen LogP contribution in [0.3, 0.4) is 0 Å². The summed E-state index contributed by atoms with van der Waals surface area (Å²) in [5.41, 5.74) is 0.138. The molecule has 0 radical (unpaired) electrons. The molecule has 0 atom stereocenters. The Labute approximate surface area is 166 Å². The van der Waals surface area contributed by atoms with Crippen LogP contribution in [0, 0.1) is 30.1 Å². The standard InChI is InChI=1S/C24H40N2O/c1-2-3-4-5-6-7-8-9-10-11-12-13-25-23(27)26-24-17-20-14-21(18-24)16-22(15-20)19-24/h1,20-22H,3-19H2,(H2,25,26,27). The number of unbranched alkanes of at least 4 members (excludes halogenated alkanes) is 9. The summed E-state index contributed by atoms with van der Waals surface area (Å²) in [7, 11) is 0. The summed E-state index contributed by atoms with van der Waals surface area (Å²) in [4.78, 5) is 12.4. The van der Waals surface area contributed by atoms with E-state index in [1.807, 2.05) is 0 Å². The maximum atomic E-state index is 12.4. The second-order valence-electron chi connectivity index (χ2n) is 9.71. The van der Waals surface area contributed by atoms with Gasteiger partial charge in [-0.15, -0.1) is 12.3 Å². The van der Waals surface area contributed by atoms with Gasteiger partial charge < -0.3 is 10.6 Å². The Morgan fingerprint density at radius 2 is 1.30 bits per heavy atom. The van der Waals surface area contributed by atoms with Crippen LogP contribution in [0.2, 0.25) is 0 Å². The molecule has 0 aromatic carbocycles. The van der Waals surface area contributed by atoms with Crippen molar-refractivity contribution in [3.8, 4) is 12.3 Å². The quantitative estimate of drug-likeness (QED) is 0.330. The van der Waals surface area contributed by atoms with Crippen LogP contribution < -0.4 is 10.6 Å². The van der Waals surface area contributed by atoms with Crippen molar-refractivity contribution < 1.29 is 4.79 Å². The van der Waals surface area contributed by atoms with Gasteiger partial charge >= 0.3 is 6.03 Å². The molecule has 4 saturated carbocycles. The van der Waals surface area contributed by atoms with Crippen molar-refractivity contribution in [1.82, 2.24) is 10.6 Å². The van der Waals surface area contributed by atoms with Crippen molar-refractivity contribution in [1.29, 1.82) is 0 Å². The molecule has 4 bridgehead atoms. The minimum absolute atomic E-state index is 0.0870. The highest BCUT2D eigenvalue weighted by molar-refractivity contribution is 5.74. The van der Waals surface area contributed by atoms with Gasteiger partial charge in [-0.3, -0.25) is 0 Å². The average Bonchev–Trinajstić information content (AvgIpc) is 2.61. The van der Waals surface area contributed by atoms with E-state index in [1.165, 1.54) is 89.9 Å². The zero-order chi connectivity index (χ0) is 19.0. The number of terminal acetylenes is 1. The van der Waals surface area contributed by atoms with Crippen molar-refractivity contribution in [3.05, 3.63) is 0 Å². The minimum Gasteiger partial charge on any atom is -0.338 e. The first-order chi connectivity index (χ1) is 13.2. The molecule has 4 fully saturated rings. The minimum atomic E-state index is 0.0870. The summed E-state index contributed by atoms with van der Waals surface area (Å²) in [6, 6.07) is 0.0870. The van der Waals surface area contributed by atoms with E-state index in [2.05, 4.69) is 16.6 Å². The molecule has 3 nitrogen and oxygen atoms in total. The molecule has 0 unspecified atom stereocenters. The average molecular weight is 373 g/mol. The fourth-order valence-corrected chi connectivity index (χ4v) is 6.34. The van der Waals surface area contributed by atoms with Crippen LogP contribution in [0.15, 0.2) is 0 Å². The SMILES string of the molecule is C#CCCCCCCCCCCCNC(=O)NC12CC3CC(CC(C3)C1)C2. The van der Waals surface area contributed by atoms with Gasteiger partial charge in [0, 0.05) is 18.5 Å². The Balaban J connectivity index is 1.17. The largest absolute Gasteiger partial charge is 0.338 e. The molecule has 2 amide bonds. The highest BCUT2D eigenvalue weighted by Crippen LogP contribution is 2.55. The summed E-state index contributed by atoms with van der Waals surface area (Å²) >= 11 is 0. The first kappa shape index (κ1) is 20.6. The first-order valence-electron chi connectivity index (χ1n) is 11.7. The van der Waals surface area contributed by atoms with Crippen LogP contribution in [0.5, 0.6) is 0 Å². The monoisotopic (exact) mass is 372 g/mol. The molecule has 0 spiro atoms. The normalized spacial score (nSPS) is 30.9. The van der Waals surface area contributed by atoms with Crippen molar-refractivity contribution >= 4 is 6.03 Å². The van der Waals surface area contributed by atoms with E-state index in [-0.39, 0.29) is 11.6 Å². The number of nitrogens with one attached hydrogen (secondary N) is 2. The fraction of sp³-hybridized carbons (Fsp3) is 0.875. The maximum Gasteiger partial charge on any atom is 0.315 e. The van der Waals surface area contributed by atoms with Crippen LogP contribution in [0.4, 0.5) is 4.79 Å². The Hall–Kier alpha value is -1.17. The zero-order valence-corrected chi connectivity index (χ0v) is 17.2. The summed E-state index contributed by atoms with van der Waals surface area (Å²) < 4.78 is 0. The molecule has 27 heavy (non-hydrogen) atoms. The van der Waals surface area contributed by atoms with Gasteiger partial charge in [0.1, 0.15) is 0 Å². The van der Waals surface area contributed by atoms with Gasteiger partial charge in [0.25, 0.3) is 0 Å². The van der Waals surface area contributed by atoms with E-state index in [0.29, 0.717) is 0 Å². The maximum absolute atomic E-state index is 12.4. The predicted octanol–water partition coefficient (Wildman–Crippen LogP) is 5.79. The Morgan fingerprint density at radius 1 is 0.815 bits per heavy atom. The molecule has 4 rings (SSSR count). The van der Waals surface area contributed by atoms with E-state index >= 15 is 0 Å². The Kier molecular flexibility index (Phi) is 7.92. The molecular formula is C24H40N2O. The number of hydrogen-bond acceptors (Lipinski definition) is 1. The lowest BCUT2D eigenvalue weighted by Crippen LogP contribution is -2.61. The van der Waals surface area contributed by atoms with Gasteiger partial charge in [-0.25, -0.2) is 4.79 Å². The Bertz CT molecular complexity index is 472. The van der Waals surface area contributed by atoms with Crippen LogP contribution in [0.25, 0.3) is 0 Å². The molecule has 0 heterocycles. The van der Waals surface area contributed by atoms with E-state index in [1.54, 1.807) is 0 Å². The van der Waals surface area contributed by atoms with Gasteiger partial charge in [0.2, 0.25) is 0 Å². The summed E-state index contributed by atoms with van der Waals surface area (Å²) in [6.07, 6.45) is 25.6. The van der Waals surface area contributed by atoms with Crippen LogP contribution in [0.1, 0.15) is 103 Å². The second-order valence-corrected chi connectivity index (χ2v) is 9.71. The van der Waals surface area contributed by atoms with Crippen LogP contribution >= 0.6 is 0 Å². The van der Waals surface area contributed by atoms with Crippen molar-refractivity contribution in [2.75, 3.05) is 6.54 Å². The highest BCUT2D eigenvalue weighted by Gasteiger charge is 2.51. The van der Waals surface area contributed by atoms with Crippen LogP contribution in [-0.2, 0) is 0 Å². The highest BCUT2D eigenvalue weighted by atomic mass is 16.2. The third-order valence-corrected chi connectivity index (χ3v) is 7.20. The molecule has 0 aliphatic heterocycles. The molecule has 4 aliphatic rings. The molecule has 0 aromatic rings. The lowest BCUT2D eigenvalue weighted by atomic mass is 9.53. The third-order valence-electron chi connectivity index (χ3n) is 7.20. The van der Waals surface area contributed by atoms with Gasteiger partial charge in [-0.05, 0) is 69.1 Å².